The molecular formula is C27H28N4O4S2. The maximum atomic E-state index is 13.8. The highest BCUT2D eigenvalue weighted by atomic mass is 32.2. The van der Waals surface area contributed by atoms with Crippen LogP contribution in [0.5, 0.6) is 0 Å². The summed E-state index contributed by atoms with van der Waals surface area (Å²) >= 11 is 1.09. The number of fused-ring (bicyclic) bond motifs is 1. The highest BCUT2D eigenvalue weighted by molar-refractivity contribution is 7.91. The molecule has 2 aliphatic rings. The van der Waals surface area contributed by atoms with E-state index in [9.17, 15) is 18.0 Å². The van der Waals surface area contributed by atoms with Crippen molar-refractivity contribution in [1.82, 2.24) is 10.0 Å². The number of amides is 2. The van der Waals surface area contributed by atoms with E-state index in [1.54, 1.807) is 18.5 Å². The highest BCUT2D eigenvalue weighted by Gasteiger charge is 2.45. The van der Waals surface area contributed by atoms with Gasteiger partial charge in [0.25, 0.3) is 15.9 Å². The van der Waals surface area contributed by atoms with Gasteiger partial charge in [-0.15, -0.1) is 11.3 Å². The molecule has 37 heavy (non-hydrogen) atoms. The lowest BCUT2D eigenvalue weighted by molar-refractivity contribution is -0.132. The number of benzodiazepines with no additional fused rings is 1. The number of carbonyl (C=O) groups is 2. The molecule has 1 aliphatic heterocycles. The van der Waals surface area contributed by atoms with Crippen LogP contribution in [-0.4, -0.2) is 44.7 Å². The minimum Gasteiger partial charge on any atom is -0.325 e. The van der Waals surface area contributed by atoms with Crippen LogP contribution < -0.4 is 14.9 Å². The monoisotopic (exact) mass is 536 g/mol. The van der Waals surface area contributed by atoms with Gasteiger partial charge >= 0.3 is 0 Å². The fourth-order valence-corrected chi connectivity index (χ4v) is 7.38. The minimum atomic E-state index is -3.91. The Labute approximate surface area is 220 Å². The summed E-state index contributed by atoms with van der Waals surface area (Å²) in [4.78, 5) is 33.6. The average molecular weight is 537 g/mol. The first kappa shape index (κ1) is 25.3. The normalized spacial score (nSPS) is 19.5. The van der Waals surface area contributed by atoms with Gasteiger partial charge in [-0.05, 0) is 30.4 Å². The molecule has 5 rings (SSSR count). The second-order valence-corrected chi connectivity index (χ2v) is 12.2. The molecule has 10 heteroatoms. The SMILES string of the molecule is CN1C(=O)C(NC(=O)C2(NS(=O)(=O)c3cccs3)CCCCC2)N=C(c2ccccc2)c2ccccc21. The van der Waals surface area contributed by atoms with Crippen LogP contribution in [-0.2, 0) is 19.6 Å². The topological polar surface area (TPSA) is 108 Å². The molecule has 2 aromatic carbocycles. The molecule has 1 saturated carbocycles. The summed E-state index contributed by atoms with van der Waals surface area (Å²) in [5.41, 5.74) is 1.48. The lowest BCUT2D eigenvalue weighted by atomic mass is 9.82. The molecule has 2 heterocycles. The Balaban J connectivity index is 1.52. The van der Waals surface area contributed by atoms with Gasteiger partial charge in [0.05, 0.1) is 11.4 Å². The third-order valence-corrected chi connectivity index (χ3v) is 9.82. The van der Waals surface area contributed by atoms with Crippen molar-refractivity contribution in [3.63, 3.8) is 0 Å². The average Bonchev–Trinajstić information content (AvgIpc) is 3.44. The summed E-state index contributed by atoms with van der Waals surface area (Å²) in [5, 5.41) is 4.49. The molecule has 2 amide bonds. The molecule has 0 radical (unpaired) electrons. The van der Waals surface area contributed by atoms with Crippen LogP contribution in [0.25, 0.3) is 0 Å². The summed E-state index contributed by atoms with van der Waals surface area (Å²) < 4.78 is 29.1. The van der Waals surface area contributed by atoms with Gasteiger partial charge in [0.1, 0.15) is 9.75 Å². The maximum Gasteiger partial charge on any atom is 0.272 e. The Hall–Kier alpha value is -3.34. The second-order valence-electron chi connectivity index (χ2n) is 9.31. The van der Waals surface area contributed by atoms with Gasteiger partial charge in [-0.25, -0.2) is 13.4 Å². The second kappa shape index (κ2) is 10.2. The van der Waals surface area contributed by atoms with Crippen LogP contribution in [0.2, 0.25) is 0 Å². The third kappa shape index (κ3) is 4.96. The largest absolute Gasteiger partial charge is 0.325 e. The van der Waals surface area contributed by atoms with E-state index in [-0.39, 0.29) is 4.21 Å². The summed E-state index contributed by atoms with van der Waals surface area (Å²) in [6.45, 7) is 0. The third-order valence-electron chi connectivity index (χ3n) is 6.89. The van der Waals surface area contributed by atoms with Crippen molar-refractivity contribution < 1.29 is 18.0 Å². The number of hydrogen-bond acceptors (Lipinski definition) is 6. The zero-order valence-electron chi connectivity index (χ0n) is 20.4. The number of likely N-dealkylation sites (N-methyl/N-ethyl adjacent to an activating group) is 1. The Morgan fingerprint density at radius 1 is 1.00 bits per heavy atom. The van der Waals surface area contributed by atoms with E-state index in [2.05, 4.69) is 10.0 Å². The zero-order chi connectivity index (χ0) is 26.0. The van der Waals surface area contributed by atoms with Crippen molar-refractivity contribution in [2.45, 2.75) is 48.0 Å². The number of anilines is 1. The molecule has 0 bridgehead atoms. The maximum absolute atomic E-state index is 13.8. The Morgan fingerprint density at radius 2 is 1.70 bits per heavy atom. The van der Waals surface area contributed by atoms with Crippen molar-refractivity contribution in [2.24, 2.45) is 4.99 Å². The summed E-state index contributed by atoms with van der Waals surface area (Å²) in [6, 6.07) is 20.1. The van der Waals surface area contributed by atoms with Crippen molar-refractivity contribution in [1.29, 1.82) is 0 Å². The number of para-hydroxylation sites is 1. The predicted molar refractivity (Wildman–Crippen MR) is 144 cm³/mol. The number of nitrogens with zero attached hydrogens (tertiary/aromatic N) is 2. The smallest absolute Gasteiger partial charge is 0.272 e. The molecule has 1 unspecified atom stereocenters. The van der Waals surface area contributed by atoms with Gasteiger partial charge in [0.2, 0.25) is 12.1 Å². The van der Waals surface area contributed by atoms with Crippen LogP contribution in [0.15, 0.2) is 81.3 Å². The van der Waals surface area contributed by atoms with Crippen molar-refractivity contribution in [3.05, 3.63) is 83.2 Å². The Morgan fingerprint density at radius 3 is 2.41 bits per heavy atom. The number of nitrogens with one attached hydrogen (secondary N) is 2. The van der Waals surface area contributed by atoms with Crippen LogP contribution in [0, 0.1) is 0 Å². The number of carbonyl (C=O) groups excluding carboxylic acids is 2. The minimum absolute atomic E-state index is 0.148. The van der Waals surface area contributed by atoms with E-state index in [1.807, 2.05) is 54.6 Å². The summed E-state index contributed by atoms with van der Waals surface area (Å²) in [6.07, 6.45) is 1.77. The fraction of sp³-hybridized carbons (Fsp3) is 0.296. The van der Waals surface area contributed by atoms with Crippen LogP contribution in [0.3, 0.4) is 0 Å². The van der Waals surface area contributed by atoms with E-state index < -0.39 is 33.5 Å². The molecule has 3 aromatic rings. The standard InChI is InChI=1S/C27H28N4O4S2/c1-31-21-14-7-6-13-20(21)23(19-11-4-2-5-12-19)28-24(25(31)32)29-26(33)27(16-8-3-9-17-27)30-37(34,35)22-15-10-18-36-22/h2,4-7,10-15,18,24,30H,3,8-9,16-17H2,1H3,(H,29,33). The number of aliphatic imine (C=N–C) groups is 1. The van der Waals surface area contributed by atoms with Crippen molar-refractivity contribution in [3.8, 4) is 0 Å². The molecule has 1 aromatic heterocycles. The van der Waals surface area contributed by atoms with E-state index in [4.69, 9.17) is 4.99 Å². The van der Waals surface area contributed by atoms with E-state index in [1.165, 1.54) is 11.0 Å². The molecule has 192 valence electrons. The van der Waals surface area contributed by atoms with E-state index in [0.29, 0.717) is 37.1 Å². The van der Waals surface area contributed by atoms with Crippen molar-refractivity contribution in [2.75, 3.05) is 11.9 Å². The van der Waals surface area contributed by atoms with Gasteiger partial charge in [-0.1, -0.05) is 73.9 Å². The Kier molecular flexibility index (Phi) is 6.98. The van der Waals surface area contributed by atoms with Gasteiger partial charge < -0.3 is 10.2 Å². The first-order chi connectivity index (χ1) is 17.8. The van der Waals surface area contributed by atoms with Gasteiger partial charge in [-0.3, -0.25) is 9.59 Å². The number of benzene rings is 2. The lowest BCUT2D eigenvalue weighted by Gasteiger charge is -2.36. The molecule has 8 nitrogen and oxygen atoms in total. The summed E-state index contributed by atoms with van der Waals surface area (Å²) in [5.74, 6) is -0.944. The molecule has 1 fully saturated rings. The lowest BCUT2D eigenvalue weighted by Crippen LogP contribution is -2.62. The van der Waals surface area contributed by atoms with Crippen molar-refractivity contribution >= 4 is 44.6 Å². The first-order valence-electron chi connectivity index (χ1n) is 12.2. The van der Waals surface area contributed by atoms with Crippen LogP contribution in [0.1, 0.15) is 43.2 Å². The zero-order valence-corrected chi connectivity index (χ0v) is 22.0. The molecule has 2 N–H and O–H groups in total. The summed E-state index contributed by atoms with van der Waals surface area (Å²) in [7, 11) is -2.26. The van der Waals surface area contributed by atoms with Gasteiger partial charge in [0.15, 0.2) is 0 Å². The van der Waals surface area contributed by atoms with Gasteiger partial charge in [-0.2, -0.15) is 4.72 Å². The molecular weight excluding hydrogens is 508 g/mol. The molecule has 0 saturated heterocycles. The van der Waals surface area contributed by atoms with Crippen LogP contribution >= 0.6 is 11.3 Å². The highest BCUT2D eigenvalue weighted by Crippen LogP contribution is 2.32. The number of hydrogen-bond donors (Lipinski definition) is 2. The molecule has 1 atom stereocenters. The predicted octanol–water partition coefficient (Wildman–Crippen LogP) is 3.69. The van der Waals surface area contributed by atoms with Crippen LogP contribution in [0.4, 0.5) is 5.69 Å². The molecule has 0 spiro atoms. The quantitative estimate of drug-likeness (QED) is 0.501. The molecule has 1 aliphatic carbocycles. The number of thiophene rings is 1. The Bertz CT molecular complexity index is 1430. The number of sulfonamides is 1. The van der Waals surface area contributed by atoms with E-state index >= 15 is 0 Å². The number of rotatable bonds is 6. The van der Waals surface area contributed by atoms with E-state index in [0.717, 1.165) is 28.9 Å². The van der Waals surface area contributed by atoms with Gasteiger partial charge in [0, 0.05) is 18.2 Å². The first-order valence-corrected chi connectivity index (χ1v) is 14.6. The fourth-order valence-electron chi connectivity index (χ4n) is 4.96.